The molecule has 1 aliphatic heterocycles. The zero-order valence-corrected chi connectivity index (χ0v) is 10.7. The monoisotopic (exact) mass is 234 g/mol. The summed E-state index contributed by atoms with van der Waals surface area (Å²) in [7, 11) is -2.90. The van der Waals surface area contributed by atoms with E-state index in [4.69, 9.17) is 5.73 Å². The first-order chi connectivity index (χ1) is 6.68. The lowest BCUT2D eigenvalue weighted by molar-refractivity contribution is 0.193. The van der Waals surface area contributed by atoms with Crippen molar-refractivity contribution in [2.24, 2.45) is 5.73 Å². The van der Waals surface area contributed by atoms with E-state index in [0.717, 1.165) is 25.9 Å². The molecule has 0 amide bonds. The molecule has 1 unspecified atom stereocenters. The third-order valence-corrected chi connectivity index (χ3v) is 4.29. The Labute approximate surface area is 92.7 Å². The molecule has 0 aromatic rings. The van der Waals surface area contributed by atoms with Gasteiger partial charge in [-0.15, -0.1) is 0 Å². The van der Waals surface area contributed by atoms with E-state index in [1.165, 1.54) is 6.26 Å². The highest BCUT2D eigenvalue weighted by atomic mass is 32.2. The number of nitrogens with zero attached hydrogens (tertiary/aromatic N) is 1. The van der Waals surface area contributed by atoms with E-state index in [2.05, 4.69) is 4.90 Å². The fraction of sp³-hybridized carbons (Fsp3) is 1.00. The molecule has 1 aliphatic rings. The van der Waals surface area contributed by atoms with Crippen molar-refractivity contribution in [3.05, 3.63) is 0 Å². The number of rotatable bonds is 3. The summed E-state index contributed by atoms with van der Waals surface area (Å²) < 4.78 is 22.9. The lowest BCUT2D eigenvalue weighted by atomic mass is 10.0. The van der Waals surface area contributed by atoms with Crippen LogP contribution in [0.2, 0.25) is 0 Å². The van der Waals surface area contributed by atoms with E-state index < -0.39 is 9.84 Å². The Morgan fingerprint density at radius 3 is 2.53 bits per heavy atom. The second-order valence-electron chi connectivity index (χ2n) is 5.32. The maximum absolute atomic E-state index is 11.4. The first kappa shape index (κ1) is 12.9. The van der Waals surface area contributed by atoms with Gasteiger partial charge < -0.3 is 10.6 Å². The number of piperidine rings is 1. The minimum atomic E-state index is -2.90. The predicted octanol–water partition coefficient (Wildman–Crippen LogP) is 0.233. The normalized spacial score (nSPS) is 25.5. The van der Waals surface area contributed by atoms with Crippen molar-refractivity contribution in [3.63, 3.8) is 0 Å². The highest BCUT2D eigenvalue weighted by Crippen LogP contribution is 2.17. The molecule has 1 atom stereocenters. The first-order valence-corrected chi connectivity index (χ1v) is 7.34. The zero-order chi connectivity index (χ0) is 11.7. The number of hydrogen-bond donors (Lipinski definition) is 1. The van der Waals surface area contributed by atoms with Crippen LogP contribution in [-0.4, -0.2) is 50.0 Å². The number of likely N-dealkylation sites (tertiary alicyclic amines) is 1. The summed E-state index contributed by atoms with van der Waals surface area (Å²) in [5.74, 6) is 0. The third-order valence-electron chi connectivity index (χ3n) is 2.70. The predicted molar refractivity (Wildman–Crippen MR) is 62.6 cm³/mol. The summed E-state index contributed by atoms with van der Waals surface area (Å²) in [6, 6.07) is 0. The molecule has 0 spiro atoms. The van der Waals surface area contributed by atoms with E-state index >= 15 is 0 Å². The van der Waals surface area contributed by atoms with Crippen LogP contribution in [0.1, 0.15) is 26.7 Å². The van der Waals surface area contributed by atoms with Crippen LogP contribution in [0.5, 0.6) is 0 Å². The van der Waals surface area contributed by atoms with Crippen LogP contribution >= 0.6 is 0 Å². The maximum Gasteiger partial charge on any atom is 0.151 e. The van der Waals surface area contributed by atoms with Crippen molar-refractivity contribution < 1.29 is 8.42 Å². The summed E-state index contributed by atoms with van der Waals surface area (Å²) in [6.07, 6.45) is 3.07. The Morgan fingerprint density at radius 1 is 1.47 bits per heavy atom. The lowest BCUT2D eigenvalue weighted by Gasteiger charge is -2.35. The Hall–Kier alpha value is -0.130. The number of sulfone groups is 1. The van der Waals surface area contributed by atoms with Crippen molar-refractivity contribution in [1.82, 2.24) is 4.90 Å². The van der Waals surface area contributed by atoms with Crippen LogP contribution in [0.3, 0.4) is 0 Å². The fourth-order valence-electron chi connectivity index (χ4n) is 2.08. The lowest BCUT2D eigenvalue weighted by Crippen LogP contribution is -2.50. The van der Waals surface area contributed by atoms with Gasteiger partial charge in [0.2, 0.25) is 0 Å². The second kappa shape index (κ2) is 4.39. The van der Waals surface area contributed by atoms with E-state index in [1.54, 1.807) is 0 Å². The van der Waals surface area contributed by atoms with Gasteiger partial charge in [-0.25, -0.2) is 8.42 Å². The SMILES string of the molecule is CC(C)(N)CN1CCCC(S(C)(=O)=O)C1. The third kappa shape index (κ3) is 4.49. The molecular formula is C10H22N2O2S. The molecule has 15 heavy (non-hydrogen) atoms. The Bertz CT molecular complexity index is 306. The van der Waals surface area contributed by atoms with E-state index in [-0.39, 0.29) is 10.8 Å². The van der Waals surface area contributed by atoms with Crippen molar-refractivity contribution in [3.8, 4) is 0 Å². The Kier molecular flexibility index (Phi) is 3.79. The molecule has 0 bridgehead atoms. The van der Waals surface area contributed by atoms with Gasteiger partial charge in [-0.1, -0.05) is 0 Å². The minimum absolute atomic E-state index is 0.200. The average Bonchev–Trinajstić information content (AvgIpc) is 1.99. The Morgan fingerprint density at radius 2 is 2.07 bits per heavy atom. The van der Waals surface area contributed by atoms with Crippen molar-refractivity contribution >= 4 is 9.84 Å². The summed E-state index contributed by atoms with van der Waals surface area (Å²) in [5, 5.41) is -0.200. The summed E-state index contributed by atoms with van der Waals surface area (Å²) >= 11 is 0. The van der Waals surface area contributed by atoms with Gasteiger partial charge in [-0.3, -0.25) is 0 Å². The molecule has 1 rings (SSSR count). The first-order valence-electron chi connectivity index (χ1n) is 5.38. The molecular weight excluding hydrogens is 212 g/mol. The van der Waals surface area contributed by atoms with Crippen LogP contribution in [-0.2, 0) is 9.84 Å². The Balaban J connectivity index is 2.57. The van der Waals surface area contributed by atoms with Crippen LogP contribution in [0.25, 0.3) is 0 Å². The van der Waals surface area contributed by atoms with Crippen LogP contribution in [0.15, 0.2) is 0 Å². The van der Waals surface area contributed by atoms with Gasteiger partial charge in [0.15, 0.2) is 9.84 Å². The number of nitrogens with two attached hydrogens (primary N) is 1. The molecule has 0 aromatic heterocycles. The summed E-state index contributed by atoms with van der Waals surface area (Å²) in [4.78, 5) is 2.16. The van der Waals surface area contributed by atoms with Gasteiger partial charge >= 0.3 is 0 Å². The molecule has 0 aliphatic carbocycles. The maximum atomic E-state index is 11.4. The van der Waals surface area contributed by atoms with Crippen LogP contribution in [0.4, 0.5) is 0 Å². The highest BCUT2D eigenvalue weighted by Gasteiger charge is 2.29. The van der Waals surface area contributed by atoms with Gasteiger partial charge in [0, 0.05) is 24.9 Å². The fourth-order valence-corrected chi connectivity index (χ4v) is 3.16. The highest BCUT2D eigenvalue weighted by molar-refractivity contribution is 7.91. The van der Waals surface area contributed by atoms with Gasteiger partial charge in [0.1, 0.15) is 0 Å². The van der Waals surface area contributed by atoms with Crippen molar-refractivity contribution in [2.75, 3.05) is 25.9 Å². The average molecular weight is 234 g/mol. The minimum Gasteiger partial charge on any atom is -0.324 e. The molecule has 5 heteroatoms. The molecule has 1 fully saturated rings. The van der Waals surface area contributed by atoms with Gasteiger partial charge in [0.05, 0.1) is 5.25 Å². The van der Waals surface area contributed by atoms with Gasteiger partial charge in [-0.2, -0.15) is 0 Å². The molecule has 1 saturated heterocycles. The summed E-state index contributed by atoms with van der Waals surface area (Å²) in [6.45, 7) is 6.30. The van der Waals surface area contributed by atoms with Crippen LogP contribution < -0.4 is 5.73 Å². The molecule has 2 N–H and O–H groups in total. The zero-order valence-electron chi connectivity index (χ0n) is 9.86. The number of hydrogen-bond acceptors (Lipinski definition) is 4. The standard InChI is InChI=1S/C10H22N2O2S/c1-10(2,11)8-12-6-4-5-9(7-12)15(3,13)14/h9H,4-8,11H2,1-3H3. The van der Waals surface area contributed by atoms with Crippen molar-refractivity contribution in [1.29, 1.82) is 0 Å². The molecule has 90 valence electrons. The topological polar surface area (TPSA) is 63.4 Å². The van der Waals surface area contributed by atoms with E-state index in [1.807, 2.05) is 13.8 Å². The summed E-state index contributed by atoms with van der Waals surface area (Å²) in [5.41, 5.74) is 5.68. The van der Waals surface area contributed by atoms with Gasteiger partial charge in [0.25, 0.3) is 0 Å². The largest absolute Gasteiger partial charge is 0.324 e. The van der Waals surface area contributed by atoms with Crippen molar-refractivity contribution in [2.45, 2.75) is 37.5 Å². The van der Waals surface area contributed by atoms with E-state index in [0.29, 0.717) is 6.54 Å². The molecule has 0 saturated carbocycles. The second-order valence-corrected chi connectivity index (χ2v) is 7.64. The van der Waals surface area contributed by atoms with Crippen LogP contribution in [0, 0.1) is 0 Å². The smallest absolute Gasteiger partial charge is 0.151 e. The molecule has 0 aromatic carbocycles. The molecule has 1 heterocycles. The van der Waals surface area contributed by atoms with Gasteiger partial charge in [-0.05, 0) is 33.2 Å². The quantitative estimate of drug-likeness (QED) is 0.759. The van der Waals surface area contributed by atoms with E-state index in [9.17, 15) is 8.42 Å². The molecule has 0 radical (unpaired) electrons. The molecule has 4 nitrogen and oxygen atoms in total.